The molecule has 0 aromatic heterocycles. The Morgan fingerprint density at radius 2 is 1.95 bits per heavy atom. The molecule has 1 aliphatic carbocycles. The Morgan fingerprint density at radius 3 is 2.75 bits per heavy atom. The summed E-state index contributed by atoms with van der Waals surface area (Å²) >= 11 is 6.02. The zero-order chi connectivity index (χ0) is 13.9. The van der Waals surface area contributed by atoms with Gasteiger partial charge in [0.15, 0.2) is 0 Å². The van der Waals surface area contributed by atoms with Gasteiger partial charge in [0.2, 0.25) is 0 Å². The van der Waals surface area contributed by atoms with Gasteiger partial charge in [0, 0.05) is 11.1 Å². The molecule has 100 valence electrons. The van der Waals surface area contributed by atoms with Gasteiger partial charge in [0.05, 0.1) is 11.3 Å². The Labute approximate surface area is 124 Å². The van der Waals surface area contributed by atoms with Crippen LogP contribution in [0.3, 0.4) is 0 Å². The van der Waals surface area contributed by atoms with Crippen LogP contribution in [-0.2, 0) is 12.8 Å². The lowest BCUT2D eigenvalue weighted by molar-refractivity contribution is 0.611. The maximum Gasteiger partial charge on any atom is 0.101 e. The topological polar surface area (TPSA) is 35.8 Å². The van der Waals surface area contributed by atoms with E-state index in [2.05, 4.69) is 35.7 Å². The molecule has 1 N–H and O–H groups in total. The Balaban J connectivity index is 1.80. The number of benzene rings is 2. The number of halogens is 1. The van der Waals surface area contributed by atoms with Crippen molar-refractivity contribution in [1.29, 1.82) is 5.26 Å². The smallest absolute Gasteiger partial charge is 0.101 e. The van der Waals surface area contributed by atoms with Crippen LogP contribution in [0.4, 0.5) is 5.69 Å². The number of nitriles is 1. The summed E-state index contributed by atoms with van der Waals surface area (Å²) in [5, 5.41) is 13.3. The number of hydrogen-bond donors (Lipinski definition) is 1. The van der Waals surface area contributed by atoms with E-state index in [-0.39, 0.29) is 0 Å². The Kier molecular flexibility index (Phi) is 3.62. The van der Waals surface area contributed by atoms with Gasteiger partial charge < -0.3 is 5.32 Å². The van der Waals surface area contributed by atoms with Crippen molar-refractivity contribution in [2.24, 2.45) is 0 Å². The van der Waals surface area contributed by atoms with Gasteiger partial charge in [-0.05, 0) is 48.6 Å². The fourth-order valence-electron chi connectivity index (χ4n) is 2.77. The van der Waals surface area contributed by atoms with Crippen LogP contribution in [-0.4, -0.2) is 6.04 Å². The van der Waals surface area contributed by atoms with E-state index in [9.17, 15) is 0 Å². The molecule has 0 radical (unpaired) electrons. The van der Waals surface area contributed by atoms with Crippen LogP contribution in [0, 0.1) is 11.3 Å². The van der Waals surface area contributed by atoms with Crippen molar-refractivity contribution in [3.63, 3.8) is 0 Å². The highest BCUT2D eigenvalue weighted by Gasteiger charge is 2.18. The molecule has 0 heterocycles. The molecule has 0 bridgehead atoms. The summed E-state index contributed by atoms with van der Waals surface area (Å²) in [6.07, 6.45) is 3.15. The molecule has 0 saturated heterocycles. The molecule has 0 spiro atoms. The minimum absolute atomic E-state index is 0.357. The first-order valence-electron chi connectivity index (χ1n) is 6.79. The van der Waals surface area contributed by atoms with Gasteiger partial charge in [-0.15, -0.1) is 0 Å². The van der Waals surface area contributed by atoms with Gasteiger partial charge in [0.25, 0.3) is 0 Å². The Morgan fingerprint density at radius 1 is 1.15 bits per heavy atom. The van der Waals surface area contributed by atoms with Crippen LogP contribution in [0.2, 0.25) is 5.02 Å². The molecule has 0 aliphatic heterocycles. The van der Waals surface area contributed by atoms with Crippen LogP contribution in [0.25, 0.3) is 0 Å². The predicted molar refractivity (Wildman–Crippen MR) is 82.0 cm³/mol. The summed E-state index contributed by atoms with van der Waals surface area (Å²) in [4.78, 5) is 0. The third-order valence-electron chi connectivity index (χ3n) is 3.81. The lowest BCUT2D eigenvalue weighted by atomic mass is 9.88. The van der Waals surface area contributed by atoms with E-state index in [1.54, 1.807) is 12.1 Å². The second-order valence-electron chi connectivity index (χ2n) is 5.15. The number of nitrogens with one attached hydrogen (secondary N) is 1. The molecule has 3 heteroatoms. The number of aryl methyl sites for hydroxylation is 1. The largest absolute Gasteiger partial charge is 0.381 e. The Hall–Kier alpha value is -1.98. The van der Waals surface area contributed by atoms with Crippen LogP contribution in [0.5, 0.6) is 0 Å². The molecular formula is C17H15ClN2. The van der Waals surface area contributed by atoms with Gasteiger partial charge in [-0.1, -0.05) is 35.9 Å². The third-order valence-corrected chi connectivity index (χ3v) is 4.04. The summed E-state index contributed by atoms with van der Waals surface area (Å²) in [5.41, 5.74) is 4.33. The van der Waals surface area contributed by atoms with Crippen LogP contribution < -0.4 is 5.32 Å². The highest BCUT2D eigenvalue weighted by Crippen LogP contribution is 2.26. The van der Waals surface area contributed by atoms with E-state index in [1.807, 2.05) is 6.07 Å². The van der Waals surface area contributed by atoms with Crippen LogP contribution >= 0.6 is 11.6 Å². The van der Waals surface area contributed by atoms with Gasteiger partial charge >= 0.3 is 0 Å². The second-order valence-corrected chi connectivity index (χ2v) is 5.59. The van der Waals surface area contributed by atoms with E-state index in [0.29, 0.717) is 16.6 Å². The first-order valence-corrected chi connectivity index (χ1v) is 7.17. The number of hydrogen-bond acceptors (Lipinski definition) is 2. The van der Waals surface area contributed by atoms with Crippen molar-refractivity contribution < 1.29 is 0 Å². The molecule has 3 rings (SSSR count). The molecular weight excluding hydrogens is 268 g/mol. The Bertz CT molecular complexity index is 673. The fraction of sp³-hybridized carbons (Fsp3) is 0.235. The van der Waals surface area contributed by atoms with Gasteiger partial charge in [0.1, 0.15) is 6.07 Å². The SMILES string of the molecule is N#Cc1ccc(Cl)cc1NC1CCc2ccccc2C1. The predicted octanol–water partition coefficient (Wildman–Crippen LogP) is 4.18. The van der Waals surface area contributed by atoms with Crippen molar-refractivity contribution in [3.8, 4) is 6.07 Å². The van der Waals surface area contributed by atoms with Gasteiger partial charge in [-0.3, -0.25) is 0 Å². The lowest BCUT2D eigenvalue weighted by Gasteiger charge is -2.26. The van der Waals surface area contributed by atoms with Crippen molar-refractivity contribution in [2.75, 3.05) is 5.32 Å². The summed E-state index contributed by atoms with van der Waals surface area (Å²) in [5.74, 6) is 0. The van der Waals surface area contributed by atoms with Crippen LogP contribution in [0.15, 0.2) is 42.5 Å². The molecule has 2 aromatic rings. The average molecular weight is 283 g/mol. The molecule has 1 atom stereocenters. The minimum Gasteiger partial charge on any atom is -0.381 e. The first-order chi connectivity index (χ1) is 9.76. The molecule has 2 aromatic carbocycles. The fourth-order valence-corrected chi connectivity index (χ4v) is 2.95. The molecule has 0 fully saturated rings. The average Bonchev–Trinajstić information content (AvgIpc) is 2.47. The number of nitrogens with zero attached hydrogens (tertiary/aromatic N) is 1. The lowest BCUT2D eigenvalue weighted by Crippen LogP contribution is -2.27. The monoisotopic (exact) mass is 282 g/mol. The first kappa shape index (κ1) is 13.0. The molecule has 1 unspecified atom stereocenters. The summed E-state index contributed by atoms with van der Waals surface area (Å²) in [7, 11) is 0. The molecule has 2 nitrogen and oxygen atoms in total. The van der Waals surface area contributed by atoms with E-state index < -0.39 is 0 Å². The molecule has 0 saturated carbocycles. The zero-order valence-corrected chi connectivity index (χ0v) is 11.8. The van der Waals surface area contributed by atoms with Crippen molar-refractivity contribution >= 4 is 17.3 Å². The van der Waals surface area contributed by atoms with E-state index in [1.165, 1.54) is 11.1 Å². The third kappa shape index (κ3) is 2.64. The van der Waals surface area contributed by atoms with Crippen molar-refractivity contribution in [2.45, 2.75) is 25.3 Å². The van der Waals surface area contributed by atoms with E-state index >= 15 is 0 Å². The molecule has 20 heavy (non-hydrogen) atoms. The molecule has 1 aliphatic rings. The van der Waals surface area contributed by atoms with Crippen molar-refractivity contribution in [1.82, 2.24) is 0 Å². The van der Waals surface area contributed by atoms with Crippen LogP contribution in [0.1, 0.15) is 23.1 Å². The maximum absolute atomic E-state index is 9.16. The standard InChI is InChI=1S/C17H15ClN2/c18-15-7-5-14(11-19)17(10-15)20-16-8-6-12-3-1-2-4-13(12)9-16/h1-5,7,10,16,20H,6,8-9H2. The number of fused-ring (bicyclic) bond motifs is 1. The normalized spacial score (nSPS) is 17.1. The number of anilines is 1. The molecule has 0 amide bonds. The van der Waals surface area contributed by atoms with Gasteiger partial charge in [-0.25, -0.2) is 0 Å². The van der Waals surface area contributed by atoms with Crippen molar-refractivity contribution in [3.05, 3.63) is 64.2 Å². The highest BCUT2D eigenvalue weighted by molar-refractivity contribution is 6.30. The maximum atomic E-state index is 9.16. The highest BCUT2D eigenvalue weighted by atomic mass is 35.5. The van der Waals surface area contributed by atoms with E-state index in [0.717, 1.165) is 24.9 Å². The quantitative estimate of drug-likeness (QED) is 0.897. The second kappa shape index (κ2) is 5.56. The zero-order valence-electron chi connectivity index (χ0n) is 11.1. The summed E-state index contributed by atoms with van der Waals surface area (Å²) < 4.78 is 0. The summed E-state index contributed by atoms with van der Waals surface area (Å²) in [6.45, 7) is 0. The number of rotatable bonds is 2. The van der Waals surface area contributed by atoms with Gasteiger partial charge in [-0.2, -0.15) is 5.26 Å². The minimum atomic E-state index is 0.357. The summed E-state index contributed by atoms with van der Waals surface area (Å²) in [6, 6.07) is 16.5. The van der Waals surface area contributed by atoms with E-state index in [4.69, 9.17) is 16.9 Å².